The lowest BCUT2D eigenvalue weighted by Gasteiger charge is -2.05. The van der Waals surface area contributed by atoms with Gasteiger partial charge in [0, 0.05) is 16.4 Å². The third-order valence-corrected chi connectivity index (χ3v) is 5.27. The third kappa shape index (κ3) is 4.09. The van der Waals surface area contributed by atoms with Crippen molar-refractivity contribution in [2.45, 2.75) is 24.3 Å². The second kappa shape index (κ2) is 7.97. The van der Waals surface area contributed by atoms with Gasteiger partial charge in [-0.3, -0.25) is 4.79 Å². The predicted octanol–water partition coefficient (Wildman–Crippen LogP) is 4.69. The van der Waals surface area contributed by atoms with Crippen molar-refractivity contribution in [2.75, 3.05) is 0 Å². The summed E-state index contributed by atoms with van der Waals surface area (Å²) >= 11 is 1.64. The number of phenols is 1. The number of amides is 1. The molecule has 3 aromatic carbocycles. The average molecular weight is 404 g/mol. The Bertz CT molecular complexity index is 1230. The molecule has 0 fully saturated rings. The molecule has 1 heterocycles. The minimum absolute atomic E-state index is 0.107. The number of nitrogens with zero attached hydrogens (tertiary/aromatic N) is 2. The van der Waals surface area contributed by atoms with Gasteiger partial charge in [-0.05, 0) is 35.0 Å². The Hall–Kier alpha value is -3.32. The standard InChI is InChI=1S/C22H20N4O2S/c1-13(2)29-22-24-18-9-7-15(11-19(18)25-22)21(28)26-23-12-17-16-6-4-3-5-14(16)8-10-20(17)27/h3-13,27H,1-2H3,(H,24,25)(H,26,28)/b23-12-. The van der Waals surface area contributed by atoms with Crippen LogP contribution < -0.4 is 5.43 Å². The fourth-order valence-electron chi connectivity index (χ4n) is 3.05. The van der Waals surface area contributed by atoms with Gasteiger partial charge < -0.3 is 10.1 Å². The lowest BCUT2D eigenvalue weighted by molar-refractivity contribution is 0.0955. The minimum atomic E-state index is -0.337. The van der Waals surface area contributed by atoms with Crippen molar-refractivity contribution in [1.82, 2.24) is 15.4 Å². The third-order valence-electron chi connectivity index (χ3n) is 4.38. The van der Waals surface area contributed by atoms with Crippen molar-refractivity contribution >= 4 is 45.7 Å². The van der Waals surface area contributed by atoms with Gasteiger partial charge in [0.2, 0.25) is 0 Å². The number of hydrazone groups is 1. The first kappa shape index (κ1) is 19.0. The molecule has 0 atom stereocenters. The van der Waals surface area contributed by atoms with E-state index in [2.05, 4.69) is 34.3 Å². The van der Waals surface area contributed by atoms with Crippen LogP contribution in [0.3, 0.4) is 0 Å². The molecule has 0 unspecified atom stereocenters. The molecular weight excluding hydrogens is 384 g/mol. The highest BCUT2D eigenvalue weighted by molar-refractivity contribution is 7.99. The molecule has 0 radical (unpaired) electrons. The van der Waals surface area contributed by atoms with Crippen LogP contribution in [0, 0.1) is 0 Å². The summed E-state index contributed by atoms with van der Waals surface area (Å²) < 4.78 is 0. The Morgan fingerprint density at radius 2 is 2.03 bits per heavy atom. The van der Waals surface area contributed by atoms with E-state index < -0.39 is 0 Å². The van der Waals surface area contributed by atoms with E-state index in [9.17, 15) is 9.90 Å². The summed E-state index contributed by atoms with van der Waals surface area (Å²) in [5.74, 6) is -0.230. The number of H-pyrrole nitrogens is 1. The van der Waals surface area contributed by atoms with E-state index in [1.54, 1.807) is 30.0 Å². The highest BCUT2D eigenvalue weighted by Crippen LogP contribution is 2.26. The van der Waals surface area contributed by atoms with Crippen molar-refractivity contribution in [3.63, 3.8) is 0 Å². The van der Waals surface area contributed by atoms with Crippen LogP contribution in [0.15, 0.2) is 64.9 Å². The molecule has 3 N–H and O–H groups in total. The van der Waals surface area contributed by atoms with Crippen molar-refractivity contribution < 1.29 is 9.90 Å². The highest BCUT2D eigenvalue weighted by Gasteiger charge is 2.10. The highest BCUT2D eigenvalue weighted by atomic mass is 32.2. The monoisotopic (exact) mass is 404 g/mol. The van der Waals surface area contributed by atoms with Crippen LogP contribution in [-0.2, 0) is 0 Å². The first-order chi connectivity index (χ1) is 14.0. The first-order valence-corrected chi connectivity index (χ1v) is 10.1. The van der Waals surface area contributed by atoms with Crippen LogP contribution >= 0.6 is 11.8 Å². The summed E-state index contributed by atoms with van der Waals surface area (Å²) in [7, 11) is 0. The van der Waals surface area contributed by atoms with Crippen molar-refractivity contribution in [1.29, 1.82) is 0 Å². The summed E-state index contributed by atoms with van der Waals surface area (Å²) in [6, 6.07) is 16.4. The number of aromatic amines is 1. The number of rotatable bonds is 5. The molecule has 7 heteroatoms. The topological polar surface area (TPSA) is 90.4 Å². The molecular formula is C22H20N4O2S. The first-order valence-electron chi connectivity index (χ1n) is 9.22. The van der Waals surface area contributed by atoms with E-state index >= 15 is 0 Å². The summed E-state index contributed by atoms with van der Waals surface area (Å²) in [6.07, 6.45) is 1.46. The lowest BCUT2D eigenvalue weighted by Crippen LogP contribution is -2.17. The van der Waals surface area contributed by atoms with Gasteiger partial charge in [-0.2, -0.15) is 5.10 Å². The Balaban J connectivity index is 1.53. The molecule has 0 aliphatic heterocycles. The van der Waals surface area contributed by atoms with Crippen molar-refractivity contribution in [2.24, 2.45) is 5.10 Å². The number of nitrogens with one attached hydrogen (secondary N) is 2. The van der Waals surface area contributed by atoms with Gasteiger partial charge in [0.05, 0.1) is 17.2 Å². The predicted molar refractivity (Wildman–Crippen MR) is 118 cm³/mol. The molecule has 0 spiro atoms. The number of carbonyl (C=O) groups is 1. The lowest BCUT2D eigenvalue weighted by atomic mass is 10.0. The van der Waals surface area contributed by atoms with Crippen molar-refractivity contribution in [3.8, 4) is 5.75 Å². The van der Waals surface area contributed by atoms with Gasteiger partial charge >= 0.3 is 0 Å². The van der Waals surface area contributed by atoms with Gasteiger partial charge in [0.25, 0.3) is 5.91 Å². The number of benzene rings is 3. The maximum absolute atomic E-state index is 12.5. The molecule has 0 aliphatic rings. The maximum atomic E-state index is 12.5. The number of hydrogen-bond acceptors (Lipinski definition) is 5. The molecule has 6 nitrogen and oxygen atoms in total. The zero-order valence-corrected chi connectivity index (χ0v) is 16.8. The largest absolute Gasteiger partial charge is 0.507 e. The van der Waals surface area contributed by atoms with Crippen LogP contribution in [0.4, 0.5) is 0 Å². The fraction of sp³-hybridized carbons (Fsp3) is 0.136. The Morgan fingerprint density at radius 1 is 1.21 bits per heavy atom. The molecule has 1 aromatic heterocycles. The minimum Gasteiger partial charge on any atom is -0.507 e. The molecule has 146 valence electrons. The van der Waals surface area contributed by atoms with E-state index in [-0.39, 0.29) is 11.7 Å². The number of phenolic OH excluding ortho intramolecular Hbond substituents is 1. The number of imidazole rings is 1. The van der Waals surface area contributed by atoms with E-state index in [1.165, 1.54) is 6.21 Å². The zero-order chi connectivity index (χ0) is 20.4. The van der Waals surface area contributed by atoms with Gasteiger partial charge in [0.1, 0.15) is 5.75 Å². The van der Waals surface area contributed by atoms with E-state index in [0.29, 0.717) is 16.4 Å². The van der Waals surface area contributed by atoms with E-state index in [0.717, 1.165) is 27.0 Å². The molecule has 4 aromatic rings. The Kier molecular flexibility index (Phi) is 5.22. The maximum Gasteiger partial charge on any atom is 0.271 e. The number of fused-ring (bicyclic) bond motifs is 2. The van der Waals surface area contributed by atoms with Gasteiger partial charge in [0.15, 0.2) is 5.16 Å². The molecule has 0 saturated heterocycles. The van der Waals surface area contributed by atoms with Crippen LogP contribution in [0.25, 0.3) is 21.8 Å². The second-order valence-electron chi connectivity index (χ2n) is 6.86. The molecule has 0 aliphatic carbocycles. The number of hydrogen-bond donors (Lipinski definition) is 3. The Morgan fingerprint density at radius 3 is 2.86 bits per heavy atom. The summed E-state index contributed by atoms with van der Waals surface area (Å²) in [4.78, 5) is 20.2. The van der Waals surface area contributed by atoms with Gasteiger partial charge in [-0.1, -0.05) is 55.9 Å². The number of carbonyl (C=O) groups excluding carboxylic acids is 1. The SMILES string of the molecule is CC(C)Sc1nc2ccc(C(=O)N/N=C\c3c(O)ccc4ccccc34)cc2[nH]1. The van der Waals surface area contributed by atoms with Gasteiger partial charge in [-0.25, -0.2) is 10.4 Å². The van der Waals surface area contributed by atoms with Crippen LogP contribution in [0.1, 0.15) is 29.8 Å². The van der Waals surface area contributed by atoms with E-state index in [1.807, 2.05) is 36.4 Å². The zero-order valence-electron chi connectivity index (χ0n) is 16.0. The molecule has 0 bridgehead atoms. The van der Waals surface area contributed by atoms with E-state index in [4.69, 9.17) is 0 Å². The molecule has 29 heavy (non-hydrogen) atoms. The fourth-order valence-corrected chi connectivity index (χ4v) is 3.81. The molecule has 4 rings (SSSR count). The normalized spacial score (nSPS) is 11.7. The Labute approximate surface area is 172 Å². The second-order valence-corrected chi connectivity index (χ2v) is 8.42. The average Bonchev–Trinajstić information content (AvgIpc) is 3.10. The summed E-state index contributed by atoms with van der Waals surface area (Å²) in [6.45, 7) is 4.20. The summed E-state index contributed by atoms with van der Waals surface area (Å²) in [5, 5.41) is 17.3. The quantitative estimate of drug-likeness (QED) is 0.256. The van der Waals surface area contributed by atoms with Crippen LogP contribution in [-0.4, -0.2) is 32.4 Å². The smallest absolute Gasteiger partial charge is 0.271 e. The number of aromatic hydroxyl groups is 1. The van der Waals surface area contributed by atoms with Crippen LogP contribution in [0.5, 0.6) is 5.75 Å². The van der Waals surface area contributed by atoms with Gasteiger partial charge in [-0.15, -0.1) is 0 Å². The van der Waals surface area contributed by atoms with Crippen LogP contribution in [0.2, 0.25) is 0 Å². The molecule has 1 amide bonds. The van der Waals surface area contributed by atoms with Crippen molar-refractivity contribution in [3.05, 3.63) is 65.7 Å². The summed E-state index contributed by atoms with van der Waals surface area (Å²) in [5.41, 5.74) is 5.17. The number of thioether (sulfide) groups is 1. The molecule has 0 saturated carbocycles. The number of aromatic nitrogens is 2.